The highest BCUT2D eigenvalue weighted by Crippen LogP contribution is 2.31. The second-order valence-electron chi connectivity index (χ2n) is 6.70. The summed E-state index contributed by atoms with van der Waals surface area (Å²) in [4.78, 5) is 6.92. The first-order valence-electron chi connectivity index (χ1n) is 9.21. The van der Waals surface area contributed by atoms with E-state index >= 15 is 0 Å². The van der Waals surface area contributed by atoms with E-state index in [-0.39, 0.29) is 4.90 Å². The van der Waals surface area contributed by atoms with Crippen LogP contribution in [0.15, 0.2) is 71.4 Å². The molecule has 5 nitrogen and oxygen atoms in total. The van der Waals surface area contributed by atoms with Crippen molar-refractivity contribution in [1.82, 2.24) is 9.71 Å². The molecule has 2 aromatic rings. The number of hydrogen-bond donors (Lipinski definition) is 1. The monoisotopic (exact) mass is 417 g/mol. The molecule has 0 unspecified atom stereocenters. The lowest BCUT2D eigenvalue weighted by Crippen LogP contribution is -2.30. The SMILES string of the molecule is C=CC1=C(C)CCc2ncccc2N1CCCNS(=O)(=O)c1ccc(Cl)cc1. The van der Waals surface area contributed by atoms with Gasteiger partial charge in [0.25, 0.3) is 0 Å². The van der Waals surface area contributed by atoms with Crippen LogP contribution < -0.4 is 9.62 Å². The van der Waals surface area contributed by atoms with Gasteiger partial charge in [-0.2, -0.15) is 0 Å². The highest BCUT2D eigenvalue weighted by Gasteiger charge is 2.20. The van der Waals surface area contributed by atoms with Crippen LogP contribution in [0.1, 0.15) is 25.5 Å². The first-order valence-corrected chi connectivity index (χ1v) is 11.1. The van der Waals surface area contributed by atoms with Gasteiger partial charge in [0.2, 0.25) is 10.0 Å². The van der Waals surface area contributed by atoms with Gasteiger partial charge in [-0.3, -0.25) is 4.98 Å². The highest BCUT2D eigenvalue weighted by atomic mass is 35.5. The lowest BCUT2D eigenvalue weighted by atomic mass is 10.1. The molecule has 28 heavy (non-hydrogen) atoms. The molecule has 1 aliphatic heterocycles. The standard InChI is InChI=1S/C21H24ClN3O2S/c1-3-20-16(2)7-12-19-21(6-4-13-23-19)25(20)15-5-14-24-28(26,27)18-10-8-17(22)9-11-18/h3-4,6,8-11,13,24H,1,5,7,12,14-15H2,2H3. The Morgan fingerprint density at radius 2 is 2.00 bits per heavy atom. The minimum absolute atomic E-state index is 0.212. The summed E-state index contributed by atoms with van der Waals surface area (Å²) < 4.78 is 27.5. The Labute approximate surface area is 171 Å². The molecule has 1 aliphatic rings. The zero-order chi connectivity index (χ0) is 20.1. The Balaban J connectivity index is 1.69. The van der Waals surface area contributed by atoms with Crippen LogP contribution in [0, 0.1) is 0 Å². The van der Waals surface area contributed by atoms with Crippen LogP contribution in [0.25, 0.3) is 0 Å². The van der Waals surface area contributed by atoms with Crippen molar-refractivity contribution in [3.8, 4) is 0 Å². The number of aromatic nitrogens is 1. The van der Waals surface area contributed by atoms with Gasteiger partial charge in [-0.15, -0.1) is 0 Å². The van der Waals surface area contributed by atoms with Crippen LogP contribution in [-0.2, 0) is 16.4 Å². The van der Waals surface area contributed by atoms with Gasteiger partial charge in [0.1, 0.15) is 0 Å². The number of benzene rings is 1. The van der Waals surface area contributed by atoms with Gasteiger partial charge in [-0.05, 0) is 74.2 Å². The van der Waals surface area contributed by atoms with E-state index in [1.165, 1.54) is 17.7 Å². The highest BCUT2D eigenvalue weighted by molar-refractivity contribution is 7.89. The smallest absolute Gasteiger partial charge is 0.240 e. The van der Waals surface area contributed by atoms with Gasteiger partial charge >= 0.3 is 0 Å². The Kier molecular flexibility index (Phi) is 6.54. The van der Waals surface area contributed by atoms with E-state index in [1.807, 2.05) is 18.3 Å². The summed E-state index contributed by atoms with van der Waals surface area (Å²) in [5.41, 5.74) is 4.46. The van der Waals surface area contributed by atoms with Crippen molar-refractivity contribution in [3.63, 3.8) is 0 Å². The molecule has 0 fully saturated rings. The second-order valence-corrected chi connectivity index (χ2v) is 8.90. The van der Waals surface area contributed by atoms with Gasteiger partial charge in [0.05, 0.1) is 16.3 Å². The summed E-state index contributed by atoms with van der Waals surface area (Å²) in [6, 6.07) is 10.1. The normalized spacial score (nSPS) is 14.6. The molecule has 0 radical (unpaired) electrons. The van der Waals surface area contributed by atoms with Crippen LogP contribution in [-0.4, -0.2) is 26.5 Å². The number of pyridine rings is 1. The van der Waals surface area contributed by atoms with Crippen molar-refractivity contribution in [2.75, 3.05) is 18.0 Å². The predicted molar refractivity (Wildman–Crippen MR) is 114 cm³/mol. The zero-order valence-electron chi connectivity index (χ0n) is 15.9. The molecule has 1 aromatic carbocycles. The molecule has 1 aromatic heterocycles. The van der Waals surface area contributed by atoms with Crippen molar-refractivity contribution >= 4 is 27.3 Å². The number of sulfonamides is 1. The van der Waals surface area contributed by atoms with E-state index in [9.17, 15) is 8.42 Å². The van der Waals surface area contributed by atoms with E-state index < -0.39 is 10.0 Å². The summed E-state index contributed by atoms with van der Waals surface area (Å²) in [6.07, 6.45) is 6.15. The van der Waals surface area contributed by atoms with Gasteiger partial charge in [0, 0.05) is 30.0 Å². The average Bonchev–Trinajstić information content (AvgIpc) is 2.82. The third-order valence-corrected chi connectivity index (χ3v) is 6.52. The Bertz CT molecular complexity index is 985. The summed E-state index contributed by atoms with van der Waals surface area (Å²) in [5.74, 6) is 0. The van der Waals surface area contributed by atoms with Crippen molar-refractivity contribution in [1.29, 1.82) is 0 Å². The van der Waals surface area contributed by atoms with Crippen molar-refractivity contribution in [3.05, 3.63) is 77.2 Å². The summed E-state index contributed by atoms with van der Waals surface area (Å²) in [6.45, 7) is 7.08. The average molecular weight is 418 g/mol. The number of nitrogens with zero attached hydrogens (tertiary/aromatic N) is 2. The fourth-order valence-corrected chi connectivity index (χ4v) is 4.53. The van der Waals surface area contributed by atoms with Crippen LogP contribution >= 0.6 is 11.6 Å². The maximum Gasteiger partial charge on any atom is 0.240 e. The topological polar surface area (TPSA) is 62.3 Å². The van der Waals surface area contributed by atoms with Crippen molar-refractivity contribution in [2.24, 2.45) is 0 Å². The first kappa shape index (κ1) is 20.6. The van der Waals surface area contributed by atoms with E-state index in [0.717, 1.165) is 29.9 Å². The fraction of sp³-hybridized carbons (Fsp3) is 0.286. The largest absolute Gasteiger partial charge is 0.340 e. The molecule has 3 rings (SSSR count). The Hall–Kier alpha value is -2.15. The zero-order valence-corrected chi connectivity index (χ0v) is 17.4. The summed E-state index contributed by atoms with van der Waals surface area (Å²) in [5, 5.41) is 0.506. The van der Waals surface area contributed by atoms with Crippen LogP contribution in [0.2, 0.25) is 5.02 Å². The molecular weight excluding hydrogens is 394 g/mol. The molecule has 148 valence electrons. The number of halogens is 1. The third kappa shape index (κ3) is 4.63. The Morgan fingerprint density at radius 3 is 2.71 bits per heavy atom. The van der Waals surface area contributed by atoms with Gasteiger partial charge in [-0.1, -0.05) is 18.2 Å². The number of aryl methyl sites for hydroxylation is 1. The van der Waals surface area contributed by atoms with Crippen LogP contribution in [0.3, 0.4) is 0 Å². The lowest BCUT2D eigenvalue weighted by molar-refractivity contribution is 0.579. The minimum Gasteiger partial charge on any atom is -0.340 e. The van der Waals surface area contributed by atoms with E-state index in [4.69, 9.17) is 11.6 Å². The number of anilines is 1. The number of hydrogen-bond acceptors (Lipinski definition) is 4. The maximum absolute atomic E-state index is 12.4. The third-order valence-electron chi connectivity index (χ3n) is 4.79. The minimum atomic E-state index is -3.55. The molecule has 0 saturated heterocycles. The number of nitrogens with one attached hydrogen (secondary N) is 1. The summed E-state index contributed by atoms with van der Waals surface area (Å²) in [7, 11) is -3.55. The van der Waals surface area contributed by atoms with E-state index in [0.29, 0.717) is 24.5 Å². The Morgan fingerprint density at radius 1 is 1.25 bits per heavy atom. The fourth-order valence-electron chi connectivity index (χ4n) is 3.33. The van der Waals surface area contributed by atoms with E-state index in [2.05, 4.69) is 34.2 Å². The van der Waals surface area contributed by atoms with Gasteiger partial charge in [0.15, 0.2) is 0 Å². The van der Waals surface area contributed by atoms with Gasteiger partial charge < -0.3 is 4.90 Å². The van der Waals surface area contributed by atoms with E-state index in [1.54, 1.807) is 12.1 Å². The number of rotatable bonds is 7. The van der Waals surface area contributed by atoms with Crippen molar-refractivity contribution in [2.45, 2.75) is 31.1 Å². The molecule has 0 saturated carbocycles. The molecule has 0 bridgehead atoms. The quantitative estimate of drug-likeness (QED) is 0.681. The molecule has 0 amide bonds. The molecule has 2 heterocycles. The molecule has 0 atom stereocenters. The lowest BCUT2D eigenvalue weighted by Gasteiger charge is -2.27. The first-order chi connectivity index (χ1) is 13.4. The molecule has 0 aliphatic carbocycles. The number of allylic oxidation sites excluding steroid dienone is 2. The number of fused-ring (bicyclic) bond motifs is 1. The molecule has 0 spiro atoms. The van der Waals surface area contributed by atoms with Gasteiger partial charge in [-0.25, -0.2) is 13.1 Å². The summed E-state index contributed by atoms with van der Waals surface area (Å²) >= 11 is 5.83. The molecular formula is C21H24ClN3O2S. The molecule has 1 N–H and O–H groups in total. The second kappa shape index (κ2) is 8.90. The maximum atomic E-state index is 12.4. The predicted octanol–water partition coefficient (Wildman–Crippen LogP) is 4.32. The van der Waals surface area contributed by atoms with Crippen molar-refractivity contribution < 1.29 is 8.42 Å². The van der Waals surface area contributed by atoms with Crippen LogP contribution in [0.4, 0.5) is 5.69 Å². The van der Waals surface area contributed by atoms with Crippen LogP contribution in [0.5, 0.6) is 0 Å². The molecule has 7 heteroatoms.